The van der Waals surface area contributed by atoms with Gasteiger partial charge in [0.25, 0.3) is 0 Å². The summed E-state index contributed by atoms with van der Waals surface area (Å²) in [6.45, 7) is 0.466. The Labute approximate surface area is 191 Å². The van der Waals surface area contributed by atoms with Crippen molar-refractivity contribution >= 4 is 18.0 Å². The van der Waals surface area contributed by atoms with Crippen LogP contribution in [-0.2, 0) is 19.1 Å². The minimum atomic E-state index is -1.04. The van der Waals surface area contributed by atoms with Crippen molar-refractivity contribution in [2.45, 2.75) is 30.8 Å². The van der Waals surface area contributed by atoms with Crippen molar-refractivity contribution in [1.29, 1.82) is 0 Å². The van der Waals surface area contributed by atoms with Gasteiger partial charge in [-0.15, -0.1) is 0 Å². The summed E-state index contributed by atoms with van der Waals surface area (Å²) in [5, 5.41) is 14.7. The largest absolute Gasteiger partial charge is 0.480 e. The summed E-state index contributed by atoms with van der Waals surface area (Å²) in [6.07, 6.45) is 0.960. The van der Waals surface area contributed by atoms with Crippen LogP contribution in [0.25, 0.3) is 11.1 Å². The zero-order chi connectivity index (χ0) is 22.9. The summed E-state index contributed by atoms with van der Waals surface area (Å²) in [5.41, 5.74) is 4.53. The molecule has 2 aromatic rings. The Kier molecular flexibility index (Phi) is 5.76. The highest BCUT2D eigenvalue weighted by Crippen LogP contribution is 2.44. The monoisotopic (exact) mass is 450 g/mol. The maximum atomic E-state index is 12.7. The lowest BCUT2D eigenvalue weighted by Crippen LogP contribution is -2.51. The number of amides is 2. The van der Waals surface area contributed by atoms with Crippen LogP contribution >= 0.6 is 0 Å². The third-order valence-electron chi connectivity index (χ3n) is 6.72. The predicted octanol–water partition coefficient (Wildman–Crippen LogP) is 2.52. The van der Waals surface area contributed by atoms with Crippen LogP contribution in [0.5, 0.6) is 0 Å². The Balaban J connectivity index is 1.20. The van der Waals surface area contributed by atoms with E-state index in [1.54, 1.807) is 0 Å². The summed E-state index contributed by atoms with van der Waals surface area (Å²) >= 11 is 0. The number of aliphatic carboxylic acids is 1. The number of carboxylic acids is 1. The van der Waals surface area contributed by atoms with Gasteiger partial charge >= 0.3 is 12.1 Å². The molecule has 2 aliphatic carbocycles. The van der Waals surface area contributed by atoms with E-state index in [2.05, 4.69) is 22.8 Å². The van der Waals surface area contributed by atoms with E-state index in [1.807, 2.05) is 36.4 Å². The second kappa shape index (κ2) is 8.86. The summed E-state index contributed by atoms with van der Waals surface area (Å²) in [4.78, 5) is 36.7. The Hall–Kier alpha value is -3.39. The number of benzene rings is 2. The number of ether oxygens (including phenoxy) is 2. The molecule has 2 amide bonds. The lowest BCUT2D eigenvalue weighted by molar-refractivity contribution is -0.143. The van der Waals surface area contributed by atoms with Crippen LogP contribution in [0, 0.1) is 11.8 Å². The van der Waals surface area contributed by atoms with Gasteiger partial charge in [0.05, 0.1) is 25.2 Å². The lowest BCUT2D eigenvalue weighted by atomic mass is 9.98. The molecule has 0 spiro atoms. The summed E-state index contributed by atoms with van der Waals surface area (Å²) < 4.78 is 11.0. The maximum Gasteiger partial charge on any atom is 0.407 e. The number of hydrogen-bond donors (Lipinski definition) is 3. The van der Waals surface area contributed by atoms with Gasteiger partial charge in [-0.2, -0.15) is 0 Å². The first-order chi connectivity index (χ1) is 16.0. The molecule has 1 saturated carbocycles. The molecule has 5 rings (SSSR count). The van der Waals surface area contributed by atoms with Gasteiger partial charge in [0.1, 0.15) is 12.6 Å². The van der Waals surface area contributed by atoms with Crippen LogP contribution < -0.4 is 10.6 Å². The smallest absolute Gasteiger partial charge is 0.407 e. The molecule has 0 aromatic heterocycles. The topological polar surface area (TPSA) is 114 Å². The average Bonchev–Trinajstić information content (AvgIpc) is 3.46. The molecule has 3 aliphatic rings. The van der Waals surface area contributed by atoms with Crippen LogP contribution in [0.15, 0.2) is 48.5 Å². The van der Waals surface area contributed by atoms with E-state index in [9.17, 15) is 19.5 Å². The van der Waals surface area contributed by atoms with Gasteiger partial charge in [-0.05, 0) is 41.0 Å². The highest BCUT2D eigenvalue weighted by atomic mass is 16.5. The van der Waals surface area contributed by atoms with Gasteiger partial charge in [0.2, 0.25) is 5.91 Å². The SMILES string of the molecule is O=C(NC1COCC1C(=O)NC(C(=O)O)C1CC1)OCC1c2ccccc2-c2ccccc21. The number of carboxylic acid groups (broad SMARTS) is 1. The summed E-state index contributed by atoms with van der Waals surface area (Å²) in [6, 6.07) is 14.7. The summed E-state index contributed by atoms with van der Waals surface area (Å²) in [5.74, 6) is -2.20. The quantitative estimate of drug-likeness (QED) is 0.597. The first-order valence-corrected chi connectivity index (χ1v) is 11.3. The van der Waals surface area contributed by atoms with Crippen LogP contribution in [0.3, 0.4) is 0 Å². The van der Waals surface area contributed by atoms with Crippen molar-refractivity contribution in [3.05, 3.63) is 59.7 Å². The maximum absolute atomic E-state index is 12.7. The number of hydrogen-bond acceptors (Lipinski definition) is 5. The molecule has 3 N–H and O–H groups in total. The fourth-order valence-corrected chi connectivity index (χ4v) is 4.82. The first-order valence-electron chi connectivity index (χ1n) is 11.3. The van der Waals surface area contributed by atoms with E-state index in [0.29, 0.717) is 0 Å². The minimum absolute atomic E-state index is 0.0256. The third-order valence-corrected chi connectivity index (χ3v) is 6.72. The van der Waals surface area contributed by atoms with E-state index in [1.165, 1.54) is 0 Å². The minimum Gasteiger partial charge on any atom is -0.480 e. The van der Waals surface area contributed by atoms with Crippen LogP contribution in [0.1, 0.15) is 29.9 Å². The molecular weight excluding hydrogens is 424 g/mol. The van der Waals surface area contributed by atoms with E-state index < -0.39 is 36.0 Å². The van der Waals surface area contributed by atoms with Gasteiger partial charge < -0.3 is 25.2 Å². The third kappa shape index (κ3) is 4.30. The molecule has 172 valence electrons. The molecule has 2 aromatic carbocycles. The van der Waals surface area contributed by atoms with Gasteiger partial charge in [-0.1, -0.05) is 48.5 Å². The van der Waals surface area contributed by atoms with Crippen LogP contribution in [0.4, 0.5) is 4.79 Å². The zero-order valence-corrected chi connectivity index (χ0v) is 18.0. The molecule has 33 heavy (non-hydrogen) atoms. The molecule has 1 heterocycles. The van der Waals surface area contributed by atoms with Gasteiger partial charge in [-0.3, -0.25) is 4.79 Å². The van der Waals surface area contributed by atoms with Crippen molar-refractivity contribution in [2.75, 3.05) is 19.8 Å². The molecule has 8 heteroatoms. The van der Waals surface area contributed by atoms with Crippen molar-refractivity contribution in [2.24, 2.45) is 11.8 Å². The molecule has 1 saturated heterocycles. The normalized spacial score (nSPS) is 22.2. The molecule has 1 aliphatic heterocycles. The zero-order valence-electron chi connectivity index (χ0n) is 18.0. The number of fused-ring (bicyclic) bond motifs is 3. The molecule has 3 atom stereocenters. The predicted molar refractivity (Wildman–Crippen MR) is 119 cm³/mol. The molecule has 0 radical (unpaired) electrons. The Bertz CT molecular complexity index is 1040. The van der Waals surface area contributed by atoms with E-state index in [4.69, 9.17) is 9.47 Å². The van der Waals surface area contributed by atoms with E-state index in [0.717, 1.165) is 35.1 Å². The Morgan fingerprint density at radius 1 is 1.00 bits per heavy atom. The van der Waals surface area contributed by atoms with Gasteiger partial charge in [0, 0.05) is 5.92 Å². The average molecular weight is 450 g/mol. The Morgan fingerprint density at radius 2 is 1.64 bits per heavy atom. The fraction of sp³-hybridized carbons (Fsp3) is 0.400. The van der Waals surface area contributed by atoms with Crippen LogP contribution in [0.2, 0.25) is 0 Å². The van der Waals surface area contributed by atoms with Gasteiger partial charge in [-0.25, -0.2) is 9.59 Å². The number of alkyl carbamates (subject to hydrolysis) is 1. The molecule has 2 fully saturated rings. The van der Waals surface area contributed by atoms with Gasteiger partial charge in [0.15, 0.2) is 0 Å². The Morgan fingerprint density at radius 3 is 2.24 bits per heavy atom. The first kappa shape index (κ1) is 21.5. The number of nitrogens with one attached hydrogen (secondary N) is 2. The van der Waals surface area contributed by atoms with Crippen molar-refractivity contribution < 1.29 is 29.0 Å². The van der Waals surface area contributed by atoms with Crippen LogP contribution in [-0.4, -0.2) is 55.0 Å². The summed E-state index contributed by atoms with van der Waals surface area (Å²) in [7, 11) is 0. The highest BCUT2D eigenvalue weighted by Gasteiger charge is 2.41. The number of carbonyl (C=O) groups is 3. The second-order valence-electron chi connectivity index (χ2n) is 8.88. The van der Waals surface area contributed by atoms with Crippen molar-refractivity contribution in [3.63, 3.8) is 0 Å². The second-order valence-corrected chi connectivity index (χ2v) is 8.88. The highest BCUT2D eigenvalue weighted by molar-refractivity contribution is 5.86. The number of rotatable bonds is 7. The fourth-order valence-electron chi connectivity index (χ4n) is 4.82. The van der Waals surface area contributed by atoms with E-state index >= 15 is 0 Å². The lowest BCUT2D eigenvalue weighted by Gasteiger charge is -2.21. The number of carbonyl (C=O) groups excluding carboxylic acids is 2. The van der Waals surface area contributed by atoms with Crippen molar-refractivity contribution in [1.82, 2.24) is 10.6 Å². The molecule has 0 bridgehead atoms. The van der Waals surface area contributed by atoms with E-state index in [-0.39, 0.29) is 31.7 Å². The van der Waals surface area contributed by atoms with Crippen molar-refractivity contribution in [3.8, 4) is 11.1 Å². The molecule has 3 unspecified atom stereocenters. The standard InChI is InChI=1S/C25H26N2O6/c28-23(27-22(24(29)30)14-9-10-14)20-11-32-13-21(20)26-25(31)33-12-19-17-7-3-1-5-15(17)16-6-2-4-8-18(16)19/h1-8,14,19-22H,9-13H2,(H,26,31)(H,27,28)(H,29,30). The molecular formula is C25H26N2O6. The molecule has 8 nitrogen and oxygen atoms in total.